The van der Waals surface area contributed by atoms with E-state index in [4.69, 9.17) is 57.6 Å². The number of benzene rings is 7. The SMILES string of the molecule is CC.CC.CNC.Cc1ccc(C(C)C)cc1.Cc1ccc(F)cc1.[2HH].[2HH].[2HH].[2HH].[2HH].[2HH].[B]c1cc(-c2ccc(C(C)C)cc2)c2c(C#N)cnn2c1.[B]c1cc(-c2ccc(C(C)C)cc2)c2c(C#N)cnn2c1.[B]c1cc(-c2ccc(F)cc2)c2c(C#N)cnn2c1.[B]c1cc(-c2ccc(N(C)C)cc2)c2c(C#N)cnn2c1.[B]c1cc(-c2ccc(N(C)C)cc2)c2c(C#N)cnn2c1.[B]c1cc(OS(=O)(=O)C(F)(F)F)c2c(C#N)cnn2c1. The van der Waals surface area contributed by atoms with Crippen LogP contribution in [0.15, 0.2) is 281 Å². The molecule has 12 aromatic heterocycles. The summed E-state index contributed by atoms with van der Waals surface area (Å²) >= 11 is 0. The van der Waals surface area contributed by atoms with Crippen LogP contribution in [0.2, 0.25) is 0 Å². The smallest absolute Gasteiger partial charge is 0.378 e. The van der Waals surface area contributed by atoms with Crippen LogP contribution >= 0.6 is 0 Å². The Morgan fingerprint density at radius 2 is 0.527 bits per heavy atom. The van der Waals surface area contributed by atoms with Crippen molar-refractivity contribution in [3.63, 3.8) is 0 Å². The summed E-state index contributed by atoms with van der Waals surface area (Å²) < 4.78 is 97.1. The first-order valence-electron chi connectivity index (χ1n) is 46.6. The average molecular weight is 2000 g/mol. The number of rotatable bonds is 12. The molecule has 0 aliphatic rings. The van der Waals surface area contributed by atoms with Gasteiger partial charge in [-0.2, -0.15) is 83.8 Å². The van der Waals surface area contributed by atoms with Crippen molar-refractivity contribution >= 4 is 134 Å². The van der Waals surface area contributed by atoms with Crippen molar-refractivity contribution in [2.45, 2.75) is 106 Å². The molecule has 0 aliphatic heterocycles. The van der Waals surface area contributed by atoms with Crippen molar-refractivity contribution in [1.82, 2.24) is 63.0 Å². The molecule has 12 heterocycles. The molecule has 0 amide bonds. The molecule has 7 aromatic carbocycles. The van der Waals surface area contributed by atoms with Gasteiger partial charge in [0.1, 0.15) is 106 Å². The summed E-state index contributed by atoms with van der Waals surface area (Å²) in [6.07, 6.45) is 18.5. The summed E-state index contributed by atoms with van der Waals surface area (Å²) in [6, 6.07) is 76.8. The molecule has 0 atom stereocenters. The summed E-state index contributed by atoms with van der Waals surface area (Å²) in [5.74, 6) is 0.430. The highest BCUT2D eigenvalue weighted by Crippen LogP contribution is 2.36. The molecule has 746 valence electrons. The zero-order valence-electron chi connectivity index (χ0n) is 85.2. The lowest BCUT2D eigenvalue weighted by atomic mass is 9.92. The average Bonchev–Trinajstić information content (AvgIpc) is 1.59. The van der Waals surface area contributed by atoms with Gasteiger partial charge in [0.2, 0.25) is 0 Å². The van der Waals surface area contributed by atoms with Crippen LogP contribution in [-0.2, 0) is 10.1 Å². The lowest BCUT2D eigenvalue weighted by Crippen LogP contribution is -2.28. The van der Waals surface area contributed by atoms with Gasteiger partial charge in [0.15, 0.2) is 5.75 Å². The minimum Gasteiger partial charge on any atom is -0.378 e. The van der Waals surface area contributed by atoms with E-state index in [-0.39, 0.29) is 36.7 Å². The Kier molecular flexibility index (Phi) is 41.0. The summed E-state index contributed by atoms with van der Waals surface area (Å²) in [4.78, 5) is 4.08. The first-order chi connectivity index (χ1) is 70.6. The molecule has 19 aromatic rings. The maximum atomic E-state index is 13.0. The molecule has 0 spiro atoms. The summed E-state index contributed by atoms with van der Waals surface area (Å²) in [5.41, 5.74) is 21.4. The molecule has 19 rings (SSSR count). The third-order valence-electron chi connectivity index (χ3n) is 22.0. The van der Waals surface area contributed by atoms with Gasteiger partial charge < -0.3 is 19.3 Å². The van der Waals surface area contributed by atoms with E-state index >= 15 is 0 Å². The number of halogens is 5. The van der Waals surface area contributed by atoms with E-state index in [2.05, 4.69) is 192 Å². The van der Waals surface area contributed by atoms with Gasteiger partial charge in [0, 0.05) is 113 Å². The highest BCUT2D eigenvalue weighted by atomic mass is 32.2. The Labute approximate surface area is 876 Å². The molecule has 0 unspecified atom stereocenters. The lowest BCUT2D eigenvalue weighted by Gasteiger charge is -2.13. The van der Waals surface area contributed by atoms with Gasteiger partial charge in [0.05, 0.1) is 92.6 Å². The highest BCUT2D eigenvalue weighted by molar-refractivity contribution is 7.88. The Morgan fingerprint density at radius 3 is 0.736 bits per heavy atom. The zero-order valence-corrected chi connectivity index (χ0v) is 86.0. The van der Waals surface area contributed by atoms with Crippen molar-refractivity contribution in [3.8, 4) is 97.8 Å². The van der Waals surface area contributed by atoms with Gasteiger partial charge in [-0.15, -0.1) is 0 Å². The van der Waals surface area contributed by atoms with Crippen LogP contribution in [0.1, 0.15) is 157 Å². The number of nitrogens with one attached hydrogen (secondary N) is 1. The number of fused-ring (bicyclic) bond motifs is 6. The van der Waals surface area contributed by atoms with E-state index in [0.29, 0.717) is 78.4 Å². The Morgan fingerprint density at radius 1 is 0.338 bits per heavy atom. The van der Waals surface area contributed by atoms with Crippen molar-refractivity contribution in [1.29, 1.82) is 31.6 Å². The number of aryl methyl sites for hydroxylation is 2. The molecule has 24 nitrogen and oxygen atoms in total. The first kappa shape index (κ1) is 115. The van der Waals surface area contributed by atoms with Gasteiger partial charge in [-0.25, -0.2) is 35.9 Å². The number of alkyl halides is 3. The summed E-state index contributed by atoms with van der Waals surface area (Å²) in [7, 11) is 40.9. The molecular formula is C112H116B6F5N21O3S. The van der Waals surface area contributed by atoms with Crippen LogP contribution in [0.3, 0.4) is 0 Å². The van der Waals surface area contributed by atoms with Gasteiger partial charge >= 0.3 is 15.6 Å². The minimum atomic E-state index is -5.87. The molecule has 0 bridgehead atoms. The summed E-state index contributed by atoms with van der Waals surface area (Å²) in [5, 5.41) is 82.2. The van der Waals surface area contributed by atoms with Crippen molar-refractivity contribution in [2.24, 2.45) is 0 Å². The number of nitrogens with zero attached hydrogens (tertiary/aromatic N) is 20. The van der Waals surface area contributed by atoms with Crippen LogP contribution in [0.25, 0.3) is 88.7 Å². The van der Waals surface area contributed by atoms with Crippen LogP contribution in [0.4, 0.5) is 33.3 Å². The number of hydrogen-bond donors (Lipinski definition) is 1. The maximum absolute atomic E-state index is 13.0. The van der Waals surface area contributed by atoms with Crippen LogP contribution in [0.5, 0.6) is 5.75 Å². The second-order valence-electron chi connectivity index (χ2n) is 34.1. The standard InChI is InChI=1S/2C17H14BN3.2C16H13BN4.C14H7BFN3.C10H14.C9H3BF3N3O3S.C7H7F.C2H7N.2C2H6.6H2/c2*1-11(2)12-3-5-13(6-4-12)16-7-15(18)10-21-17(16)14(8-19)9-20-21;2*1-20(2)14-5-3-11(4-6-14)15-7-13(17)10-21-16(15)12(8-18)9-19-21;15-11-5-13(9-1-3-12(16)4-2-9)14-10(6-17)7-18-19(14)8-11;1-8(2)10-6-4-9(3)5-7-10;10-6-1-7(19-20(17,18)9(11,12)13)8-5(2-14)3-15-16(8)4-6;1-6-2-4-7(8)5-3-6;1-3-2;2*1-2;;;;;;/h2*3-7,9-11H,1-2H3;2*3-7,9-10H,1-2H3;1-5,7-8H;4-8H,1-3H3;1,3-4H;2-5H,1H3;3H,1-2H3;2*1-2H3;6*1H/i;;;;;;;;;;;6*1+1. The number of nitriles is 6. The second kappa shape index (κ2) is 53.0. The Hall–Kier alpha value is -17.0. The van der Waals surface area contributed by atoms with E-state index in [0.717, 1.165) is 111 Å². The van der Waals surface area contributed by atoms with Crippen LogP contribution in [0, 0.1) is 93.5 Å². The quantitative estimate of drug-likeness (QED) is 0.0514. The van der Waals surface area contributed by atoms with Crippen LogP contribution in [-0.4, -0.2) is 161 Å². The van der Waals surface area contributed by atoms with E-state index in [1.807, 2.05) is 160 Å². The molecule has 0 aliphatic carbocycles. The predicted octanol–water partition coefficient (Wildman–Crippen LogP) is 19.7. The lowest BCUT2D eigenvalue weighted by molar-refractivity contribution is -0.0499. The molecule has 0 fully saturated rings. The predicted molar refractivity (Wildman–Crippen MR) is 598 cm³/mol. The fourth-order valence-corrected chi connectivity index (χ4v) is 15.2. The number of hydrogen-bond acceptors (Lipinski definition) is 18. The number of aromatic nitrogens is 12. The first-order valence-corrected chi connectivity index (χ1v) is 48.0. The van der Waals surface area contributed by atoms with Gasteiger partial charge in [-0.05, 0) is 145 Å². The topological polar surface area (TPSA) is 308 Å². The molecular weight excluding hydrogens is 1880 g/mol. The third kappa shape index (κ3) is 29.2. The minimum absolute atomic E-state index is 0. The molecule has 1 N–H and O–H groups in total. The Balaban J connectivity index is 0.000000450. The molecule has 36 heteroatoms. The second-order valence-corrected chi connectivity index (χ2v) is 35.7. The van der Waals surface area contributed by atoms with Gasteiger partial charge in [0.25, 0.3) is 0 Å². The van der Waals surface area contributed by atoms with Crippen LogP contribution < -0.4 is 52.1 Å². The van der Waals surface area contributed by atoms with E-state index in [1.165, 1.54) is 58.9 Å². The Bertz CT molecular complexity index is 7590. The molecule has 12 radical (unpaired) electrons. The largest absolute Gasteiger partial charge is 0.534 e. The molecule has 0 saturated carbocycles. The number of anilines is 2. The normalized spacial score (nSPS) is 10.5. The highest BCUT2D eigenvalue weighted by Gasteiger charge is 2.49. The number of pyridine rings is 6. The van der Waals surface area contributed by atoms with E-state index < -0.39 is 21.4 Å². The monoisotopic (exact) mass is 2000 g/mol. The summed E-state index contributed by atoms with van der Waals surface area (Å²) in [6.45, 7) is 25.1. The van der Waals surface area contributed by atoms with E-state index in [9.17, 15) is 51.4 Å². The van der Waals surface area contributed by atoms with Crippen molar-refractivity contribution < 1.29 is 43.1 Å². The maximum Gasteiger partial charge on any atom is 0.534 e. The fourth-order valence-electron chi connectivity index (χ4n) is 14.7. The fraction of sp³-hybridized carbons (Fsp3) is 0.196. The van der Waals surface area contributed by atoms with Gasteiger partial charge in [-0.3, -0.25) is 0 Å². The molecule has 0 saturated heterocycles. The van der Waals surface area contributed by atoms with E-state index in [1.54, 1.807) is 115 Å². The van der Waals surface area contributed by atoms with Crippen molar-refractivity contribution in [2.75, 3.05) is 52.1 Å². The zero-order chi connectivity index (χ0) is 109. The van der Waals surface area contributed by atoms with Gasteiger partial charge in [-0.1, -0.05) is 265 Å². The third-order valence-corrected chi connectivity index (χ3v) is 23.0. The molecule has 148 heavy (non-hydrogen) atoms. The van der Waals surface area contributed by atoms with Crippen molar-refractivity contribution in [3.05, 3.63) is 353 Å².